The molecule has 1 aliphatic carbocycles. The van der Waals surface area contributed by atoms with E-state index in [9.17, 15) is 9.59 Å². The van der Waals surface area contributed by atoms with E-state index in [0.717, 1.165) is 42.7 Å². The Kier molecular flexibility index (Phi) is 4.92. The summed E-state index contributed by atoms with van der Waals surface area (Å²) in [6.45, 7) is 0.780. The molecule has 3 rings (SSSR count). The molecule has 6 nitrogen and oxygen atoms in total. The number of ether oxygens (including phenoxy) is 2. The molecule has 1 unspecified atom stereocenters. The average molecular weight is 332 g/mol. The van der Waals surface area contributed by atoms with E-state index in [2.05, 4.69) is 5.32 Å². The lowest BCUT2D eigenvalue weighted by molar-refractivity contribution is -0.133. The Bertz CT molecular complexity index is 627. The minimum absolute atomic E-state index is 0.00104. The standard InChI is InChI=1S/C18H24N2O4/c1-23-13-7-8-14(16(10-13)24-2)15-4-3-9-20(15)17(21)11-19-18(22)12-5-6-12/h7-8,10,12,15H,3-6,9,11H2,1-2H3,(H,19,22). The summed E-state index contributed by atoms with van der Waals surface area (Å²) in [7, 11) is 3.23. The zero-order valence-electron chi connectivity index (χ0n) is 14.2. The molecule has 2 aliphatic rings. The van der Waals surface area contributed by atoms with E-state index in [0.29, 0.717) is 6.54 Å². The number of methoxy groups -OCH3 is 2. The molecule has 1 aliphatic heterocycles. The molecule has 1 aromatic rings. The van der Waals surface area contributed by atoms with Crippen LogP contribution in [0.15, 0.2) is 18.2 Å². The first kappa shape index (κ1) is 16.6. The number of carbonyl (C=O) groups is 2. The minimum Gasteiger partial charge on any atom is -0.497 e. The predicted molar refractivity (Wildman–Crippen MR) is 89.0 cm³/mol. The Morgan fingerprint density at radius 1 is 1.21 bits per heavy atom. The van der Waals surface area contributed by atoms with Crippen LogP contribution >= 0.6 is 0 Å². The molecular formula is C18H24N2O4. The Morgan fingerprint density at radius 2 is 2.00 bits per heavy atom. The fourth-order valence-electron chi connectivity index (χ4n) is 3.24. The maximum atomic E-state index is 12.5. The Balaban J connectivity index is 1.70. The lowest BCUT2D eigenvalue weighted by Gasteiger charge is -2.26. The van der Waals surface area contributed by atoms with Crippen molar-refractivity contribution < 1.29 is 19.1 Å². The van der Waals surface area contributed by atoms with Gasteiger partial charge in [0.05, 0.1) is 26.8 Å². The highest BCUT2D eigenvalue weighted by Crippen LogP contribution is 2.38. The molecule has 0 spiro atoms. The quantitative estimate of drug-likeness (QED) is 0.864. The number of benzene rings is 1. The van der Waals surface area contributed by atoms with Gasteiger partial charge in [-0.25, -0.2) is 0 Å². The van der Waals surface area contributed by atoms with E-state index in [1.807, 2.05) is 23.1 Å². The summed E-state index contributed by atoms with van der Waals surface area (Å²) in [6.07, 6.45) is 3.72. The minimum atomic E-state index is -0.0376. The van der Waals surface area contributed by atoms with Gasteiger partial charge >= 0.3 is 0 Å². The van der Waals surface area contributed by atoms with Crippen LogP contribution in [0.4, 0.5) is 0 Å². The fourth-order valence-corrected chi connectivity index (χ4v) is 3.24. The topological polar surface area (TPSA) is 67.9 Å². The number of rotatable bonds is 6. The summed E-state index contributed by atoms with van der Waals surface area (Å²) in [5, 5.41) is 2.76. The van der Waals surface area contributed by atoms with Crippen LogP contribution in [0, 0.1) is 5.92 Å². The highest BCUT2D eigenvalue weighted by atomic mass is 16.5. The third-order valence-electron chi connectivity index (χ3n) is 4.73. The van der Waals surface area contributed by atoms with E-state index >= 15 is 0 Å². The van der Waals surface area contributed by atoms with E-state index in [1.165, 1.54) is 0 Å². The smallest absolute Gasteiger partial charge is 0.242 e. The summed E-state index contributed by atoms with van der Waals surface area (Å²) >= 11 is 0. The van der Waals surface area contributed by atoms with E-state index in [1.54, 1.807) is 14.2 Å². The zero-order valence-corrected chi connectivity index (χ0v) is 14.2. The van der Waals surface area contributed by atoms with Crippen molar-refractivity contribution in [3.63, 3.8) is 0 Å². The zero-order chi connectivity index (χ0) is 17.1. The molecule has 0 aromatic heterocycles. The number of amides is 2. The van der Waals surface area contributed by atoms with Gasteiger partial charge < -0.3 is 19.7 Å². The summed E-state index contributed by atoms with van der Waals surface area (Å²) < 4.78 is 10.7. The first-order chi connectivity index (χ1) is 11.6. The van der Waals surface area contributed by atoms with Crippen molar-refractivity contribution in [1.82, 2.24) is 10.2 Å². The molecule has 2 amide bonds. The summed E-state index contributed by atoms with van der Waals surface area (Å²) in [5.74, 6) is 1.53. The van der Waals surface area contributed by atoms with Crippen LogP contribution in [0.5, 0.6) is 11.5 Å². The molecule has 1 heterocycles. The van der Waals surface area contributed by atoms with Crippen LogP contribution in [0.2, 0.25) is 0 Å². The molecule has 1 aromatic carbocycles. The van der Waals surface area contributed by atoms with Gasteiger partial charge in [0.2, 0.25) is 11.8 Å². The second kappa shape index (κ2) is 7.11. The summed E-state index contributed by atoms with van der Waals surface area (Å²) in [5.41, 5.74) is 0.984. The molecule has 1 saturated heterocycles. The van der Waals surface area contributed by atoms with Gasteiger partial charge in [0.15, 0.2) is 0 Å². The van der Waals surface area contributed by atoms with E-state index in [4.69, 9.17) is 9.47 Å². The molecular weight excluding hydrogens is 308 g/mol. The monoisotopic (exact) mass is 332 g/mol. The van der Waals surface area contributed by atoms with Crippen molar-refractivity contribution in [2.75, 3.05) is 27.3 Å². The first-order valence-electron chi connectivity index (χ1n) is 8.43. The molecule has 0 radical (unpaired) electrons. The van der Waals surface area contributed by atoms with Crippen LogP contribution < -0.4 is 14.8 Å². The molecule has 130 valence electrons. The Morgan fingerprint density at radius 3 is 2.67 bits per heavy atom. The molecule has 24 heavy (non-hydrogen) atoms. The Labute approximate surface area is 142 Å². The molecule has 2 fully saturated rings. The van der Waals surface area contributed by atoms with Crippen LogP contribution in [0.1, 0.15) is 37.3 Å². The number of likely N-dealkylation sites (tertiary alicyclic amines) is 1. The number of carbonyl (C=O) groups excluding carboxylic acids is 2. The number of hydrogen-bond acceptors (Lipinski definition) is 4. The molecule has 1 N–H and O–H groups in total. The summed E-state index contributed by atoms with van der Waals surface area (Å²) in [4.78, 5) is 26.1. The summed E-state index contributed by atoms with van der Waals surface area (Å²) in [6, 6.07) is 5.66. The van der Waals surface area contributed by atoms with Crippen molar-refractivity contribution in [1.29, 1.82) is 0 Å². The predicted octanol–water partition coefficient (Wildman–Crippen LogP) is 1.89. The van der Waals surface area contributed by atoms with Crippen LogP contribution in [0.25, 0.3) is 0 Å². The highest BCUT2D eigenvalue weighted by molar-refractivity contribution is 5.87. The second-order valence-corrected chi connectivity index (χ2v) is 6.35. The van der Waals surface area contributed by atoms with Crippen LogP contribution in [-0.2, 0) is 9.59 Å². The van der Waals surface area contributed by atoms with Gasteiger partial charge in [0.25, 0.3) is 0 Å². The second-order valence-electron chi connectivity index (χ2n) is 6.35. The molecule has 1 atom stereocenters. The van der Waals surface area contributed by atoms with E-state index < -0.39 is 0 Å². The highest BCUT2D eigenvalue weighted by Gasteiger charge is 2.33. The van der Waals surface area contributed by atoms with Gasteiger partial charge in [-0.05, 0) is 37.8 Å². The van der Waals surface area contributed by atoms with Crippen LogP contribution in [0.3, 0.4) is 0 Å². The van der Waals surface area contributed by atoms with Gasteiger partial charge in [-0.2, -0.15) is 0 Å². The van der Waals surface area contributed by atoms with Crippen molar-refractivity contribution in [2.24, 2.45) is 5.92 Å². The number of hydrogen-bond donors (Lipinski definition) is 1. The normalized spacial score (nSPS) is 19.9. The first-order valence-corrected chi connectivity index (χ1v) is 8.43. The average Bonchev–Trinajstić information content (AvgIpc) is 3.35. The van der Waals surface area contributed by atoms with Gasteiger partial charge in [-0.1, -0.05) is 0 Å². The van der Waals surface area contributed by atoms with E-state index in [-0.39, 0.29) is 30.3 Å². The van der Waals surface area contributed by atoms with Gasteiger partial charge in [0.1, 0.15) is 11.5 Å². The SMILES string of the molecule is COc1ccc(C2CCCN2C(=O)CNC(=O)C2CC2)c(OC)c1. The maximum absolute atomic E-state index is 12.5. The fraction of sp³-hybridized carbons (Fsp3) is 0.556. The molecule has 6 heteroatoms. The number of nitrogens with one attached hydrogen (secondary N) is 1. The lowest BCUT2D eigenvalue weighted by Crippen LogP contribution is -2.40. The maximum Gasteiger partial charge on any atom is 0.242 e. The molecule has 1 saturated carbocycles. The largest absolute Gasteiger partial charge is 0.497 e. The van der Waals surface area contributed by atoms with Crippen LogP contribution in [-0.4, -0.2) is 44.0 Å². The third kappa shape index (κ3) is 3.47. The van der Waals surface area contributed by atoms with Crippen molar-refractivity contribution >= 4 is 11.8 Å². The van der Waals surface area contributed by atoms with Gasteiger partial charge in [0, 0.05) is 24.1 Å². The number of nitrogens with zero attached hydrogens (tertiary/aromatic N) is 1. The van der Waals surface area contributed by atoms with Crippen molar-refractivity contribution in [3.8, 4) is 11.5 Å². The van der Waals surface area contributed by atoms with Crippen molar-refractivity contribution in [2.45, 2.75) is 31.7 Å². The van der Waals surface area contributed by atoms with Gasteiger partial charge in [-0.3, -0.25) is 9.59 Å². The molecule has 0 bridgehead atoms. The lowest BCUT2D eigenvalue weighted by atomic mass is 10.0. The Hall–Kier alpha value is -2.24. The van der Waals surface area contributed by atoms with Gasteiger partial charge in [-0.15, -0.1) is 0 Å². The third-order valence-corrected chi connectivity index (χ3v) is 4.73. The van der Waals surface area contributed by atoms with Crippen molar-refractivity contribution in [3.05, 3.63) is 23.8 Å².